The van der Waals surface area contributed by atoms with Crippen LogP contribution < -0.4 is 4.90 Å². The predicted molar refractivity (Wildman–Crippen MR) is 122 cm³/mol. The minimum atomic E-state index is 0.114. The van der Waals surface area contributed by atoms with Crippen molar-refractivity contribution in [2.75, 3.05) is 44.2 Å². The van der Waals surface area contributed by atoms with Crippen LogP contribution in [0.15, 0.2) is 60.9 Å². The molecule has 5 rings (SSSR count). The number of nitrogens with zero attached hydrogens (tertiary/aromatic N) is 7. The molecule has 1 amide bonds. The van der Waals surface area contributed by atoms with E-state index in [1.165, 1.54) is 5.56 Å². The molecule has 2 fully saturated rings. The highest BCUT2D eigenvalue weighted by molar-refractivity contribution is 5.79. The fourth-order valence-electron chi connectivity index (χ4n) is 4.60. The molecule has 32 heavy (non-hydrogen) atoms. The first kappa shape index (κ1) is 20.6. The standard InChI is InChI=1S/C24H29N7O/c32-24(30-17-15-28(16-18-30)19-20-5-2-1-3-6-20)21-9-13-29(14-10-21)22-7-8-23(27-26-22)31-12-4-11-25-31/h1-8,11-12,21H,9-10,13-19H2. The molecule has 0 atom stereocenters. The third-order valence-corrected chi connectivity index (χ3v) is 6.48. The third-order valence-electron chi connectivity index (χ3n) is 6.48. The number of benzene rings is 1. The molecule has 2 saturated heterocycles. The van der Waals surface area contributed by atoms with Crippen LogP contribution in [0.5, 0.6) is 0 Å². The number of carbonyl (C=O) groups is 1. The summed E-state index contributed by atoms with van der Waals surface area (Å²) < 4.78 is 1.70. The summed E-state index contributed by atoms with van der Waals surface area (Å²) in [4.78, 5) is 19.8. The molecule has 166 valence electrons. The summed E-state index contributed by atoms with van der Waals surface area (Å²) in [7, 11) is 0. The number of hydrogen-bond donors (Lipinski definition) is 0. The van der Waals surface area contributed by atoms with Gasteiger partial charge in [-0.25, -0.2) is 4.68 Å². The zero-order valence-corrected chi connectivity index (χ0v) is 18.3. The first-order valence-electron chi connectivity index (χ1n) is 11.4. The van der Waals surface area contributed by atoms with Crippen molar-refractivity contribution in [2.24, 2.45) is 5.92 Å². The van der Waals surface area contributed by atoms with E-state index in [4.69, 9.17) is 0 Å². The molecule has 0 saturated carbocycles. The Balaban J connectivity index is 1.09. The third kappa shape index (κ3) is 4.65. The van der Waals surface area contributed by atoms with Crippen molar-refractivity contribution in [3.05, 3.63) is 66.5 Å². The largest absolute Gasteiger partial charge is 0.355 e. The molecule has 3 aromatic rings. The SMILES string of the molecule is O=C(C1CCN(c2ccc(-n3cccn3)nn2)CC1)N1CCN(Cc2ccccc2)CC1. The molecule has 2 aromatic heterocycles. The topological polar surface area (TPSA) is 70.4 Å². The van der Waals surface area contributed by atoms with Gasteiger partial charge >= 0.3 is 0 Å². The zero-order valence-electron chi connectivity index (χ0n) is 18.3. The molecule has 0 bridgehead atoms. The molecule has 0 aliphatic carbocycles. The lowest BCUT2D eigenvalue weighted by Gasteiger charge is -2.38. The van der Waals surface area contributed by atoms with Crippen LogP contribution in [0.4, 0.5) is 5.82 Å². The number of rotatable bonds is 5. The highest BCUT2D eigenvalue weighted by atomic mass is 16.2. The Bertz CT molecular complexity index is 991. The van der Waals surface area contributed by atoms with E-state index in [2.05, 4.69) is 54.3 Å². The van der Waals surface area contributed by atoms with Crippen molar-refractivity contribution in [3.63, 3.8) is 0 Å². The number of hydrogen-bond acceptors (Lipinski definition) is 6. The van der Waals surface area contributed by atoms with Gasteiger partial charge in [-0.1, -0.05) is 30.3 Å². The fraction of sp³-hybridized carbons (Fsp3) is 0.417. The van der Waals surface area contributed by atoms with Gasteiger partial charge in [0, 0.05) is 64.1 Å². The lowest BCUT2D eigenvalue weighted by atomic mass is 9.95. The molecule has 0 radical (unpaired) electrons. The Morgan fingerprint density at radius 2 is 1.56 bits per heavy atom. The van der Waals surface area contributed by atoms with Gasteiger partial charge in [0.1, 0.15) is 0 Å². The molecule has 2 aliphatic heterocycles. The minimum absolute atomic E-state index is 0.114. The number of piperazine rings is 1. The van der Waals surface area contributed by atoms with Crippen LogP contribution >= 0.6 is 0 Å². The average molecular weight is 432 g/mol. The van der Waals surface area contributed by atoms with Crippen LogP contribution in [0.25, 0.3) is 5.82 Å². The van der Waals surface area contributed by atoms with E-state index in [-0.39, 0.29) is 5.92 Å². The van der Waals surface area contributed by atoms with Gasteiger partial charge in [0.05, 0.1) is 0 Å². The van der Waals surface area contributed by atoms with E-state index in [0.29, 0.717) is 11.7 Å². The van der Waals surface area contributed by atoms with E-state index in [1.54, 1.807) is 10.9 Å². The number of piperidine rings is 1. The van der Waals surface area contributed by atoms with Crippen LogP contribution in [-0.2, 0) is 11.3 Å². The van der Waals surface area contributed by atoms with Gasteiger partial charge in [-0.05, 0) is 36.6 Å². The van der Waals surface area contributed by atoms with Crippen molar-refractivity contribution in [3.8, 4) is 5.82 Å². The zero-order chi connectivity index (χ0) is 21.8. The van der Waals surface area contributed by atoms with Crippen molar-refractivity contribution >= 4 is 11.7 Å². The van der Waals surface area contributed by atoms with Crippen LogP contribution in [0, 0.1) is 5.92 Å². The molecular formula is C24H29N7O. The van der Waals surface area contributed by atoms with Crippen LogP contribution in [0.1, 0.15) is 18.4 Å². The summed E-state index contributed by atoms with van der Waals surface area (Å²) >= 11 is 0. The van der Waals surface area contributed by atoms with E-state index in [1.807, 2.05) is 30.5 Å². The Morgan fingerprint density at radius 1 is 0.844 bits per heavy atom. The normalized spacial score (nSPS) is 18.1. The van der Waals surface area contributed by atoms with E-state index in [9.17, 15) is 4.79 Å². The molecular weight excluding hydrogens is 402 g/mol. The quantitative estimate of drug-likeness (QED) is 0.617. The van der Waals surface area contributed by atoms with Crippen LogP contribution in [-0.4, -0.2) is 75.0 Å². The van der Waals surface area contributed by atoms with Gasteiger partial charge in [0.25, 0.3) is 0 Å². The number of aromatic nitrogens is 4. The Morgan fingerprint density at radius 3 is 2.22 bits per heavy atom. The van der Waals surface area contributed by atoms with Crippen molar-refractivity contribution in [1.29, 1.82) is 0 Å². The number of carbonyl (C=O) groups excluding carboxylic acids is 1. The molecule has 0 N–H and O–H groups in total. The summed E-state index contributed by atoms with van der Waals surface area (Å²) in [5, 5.41) is 12.8. The Labute approximate surface area is 188 Å². The minimum Gasteiger partial charge on any atom is -0.355 e. The maximum Gasteiger partial charge on any atom is 0.225 e. The molecule has 8 nitrogen and oxygen atoms in total. The second-order valence-electron chi connectivity index (χ2n) is 8.55. The summed E-state index contributed by atoms with van der Waals surface area (Å²) in [6.07, 6.45) is 5.31. The summed E-state index contributed by atoms with van der Waals surface area (Å²) in [6, 6.07) is 16.3. The fourth-order valence-corrected chi connectivity index (χ4v) is 4.60. The van der Waals surface area contributed by atoms with Crippen molar-refractivity contribution in [2.45, 2.75) is 19.4 Å². The van der Waals surface area contributed by atoms with E-state index < -0.39 is 0 Å². The monoisotopic (exact) mass is 431 g/mol. The summed E-state index contributed by atoms with van der Waals surface area (Å²) in [5.74, 6) is 2.00. The van der Waals surface area contributed by atoms with Crippen molar-refractivity contribution < 1.29 is 4.79 Å². The molecule has 8 heteroatoms. The molecule has 2 aliphatic rings. The Hall–Kier alpha value is -3.26. The highest BCUT2D eigenvalue weighted by Crippen LogP contribution is 2.24. The van der Waals surface area contributed by atoms with Gasteiger partial charge in [-0.15, -0.1) is 10.2 Å². The van der Waals surface area contributed by atoms with E-state index in [0.717, 1.165) is 64.5 Å². The Kier molecular flexibility index (Phi) is 6.11. The average Bonchev–Trinajstić information content (AvgIpc) is 3.40. The molecule has 4 heterocycles. The molecule has 0 unspecified atom stereocenters. The maximum absolute atomic E-state index is 13.1. The van der Waals surface area contributed by atoms with Crippen molar-refractivity contribution in [1.82, 2.24) is 29.8 Å². The van der Waals surface area contributed by atoms with E-state index >= 15 is 0 Å². The van der Waals surface area contributed by atoms with Gasteiger partial charge < -0.3 is 9.80 Å². The molecule has 0 spiro atoms. The van der Waals surface area contributed by atoms with Gasteiger partial charge in [-0.2, -0.15) is 5.10 Å². The maximum atomic E-state index is 13.1. The first-order chi connectivity index (χ1) is 15.8. The lowest BCUT2D eigenvalue weighted by molar-refractivity contribution is -0.138. The molecule has 1 aromatic carbocycles. The number of amides is 1. The van der Waals surface area contributed by atoms with Gasteiger partial charge in [0.15, 0.2) is 11.6 Å². The highest BCUT2D eigenvalue weighted by Gasteiger charge is 2.30. The lowest BCUT2D eigenvalue weighted by Crippen LogP contribution is -2.51. The van der Waals surface area contributed by atoms with Gasteiger partial charge in [-0.3, -0.25) is 9.69 Å². The summed E-state index contributed by atoms with van der Waals surface area (Å²) in [5.41, 5.74) is 1.33. The van der Waals surface area contributed by atoms with Crippen LogP contribution in [0.3, 0.4) is 0 Å². The number of anilines is 1. The van der Waals surface area contributed by atoms with Gasteiger partial charge in [0.2, 0.25) is 5.91 Å². The first-order valence-corrected chi connectivity index (χ1v) is 11.4. The second-order valence-corrected chi connectivity index (χ2v) is 8.55. The van der Waals surface area contributed by atoms with Crippen LogP contribution in [0.2, 0.25) is 0 Å². The summed E-state index contributed by atoms with van der Waals surface area (Å²) in [6.45, 7) is 6.16. The predicted octanol–water partition coefficient (Wildman–Crippen LogP) is 2.22. The smallest absolute Gasteiger partial charge is 0.225 e. The second kappa shape index (κ2) is 9.48.